The van der Waals surface area contributed by atoms with Gasteiger partial charge in [-0.15, -0.1) is 0 Å². The van der Waals surface area contributed by atoms with E-state index in [2.05, 4.69) is 26.1 Å². The van der Waals surface area contributed by atoms with Crippen molar-refractivity contribution in [1.29, 1.82) is 0 Å². The Morgan fingerprint density at radius 2 is 1.77 bits per heavy atom. The van der Waals surface area contributed by atoms with Gasteiger partial charge in [-0.1, -0.05) is 20.8 Å². The maximum absolute atomic E-state index is 12.8. The lowest BCUT2D eigenvalue weighted by molar-refractivity contribution is -0.126. The second-order valence-corrected chi connectivity index (χ2v) is 12.1. The summed E-state index contributed by atoms with van der Waals surface area (Å²) in [5, 5.41) is 2.96. The van der Waals surface area contributed by atoms with Gasteiger partial charge >= 0.3 is 6.03 Å². The van der Waals surface area contributed by atoms with E-state index in [-0.39, 0.29) is 41.3 Å². The Morgan fingerprint density at radius 1 is 1.12 bits per heavy atom. The van der Waals surface area contributed by atoms with Crippen LogP contribution in [0, 0.1) is 0 Å². The summed E-state index contributed by atoms with van der Waals surface area (Å²) in [6, 6.07) is -0.654. The SMILES string of the molecule is CC(C)(C)SCCNC(=O)C1CCCCN1C(=O)N1CCS(=O)(=O)CC1. The minimum absolute atomic E-state index is 0.00741. The van der Waals surface area contributed by atoms with Crippen LogP contribution in [-0.2, 0) is 14.6 Å². The number of piperidine rings is 1. The fourth-order valence-electron chi connectivity index (χ4n) is 3.17. The van der Waals surface area contributed by atoms with Crippen LogP contribution in [0.1, 0.15) is 40.0 Å². The summed E-state index contributed by atoms with van der Waals surface area (Å²) in [6.45, 7) is 7.99. The molecular formula is C17H31N3O4S2. The van der Waals surface area contributed by atoms with Crippen LogP contribution < -0.4 is 5.32 Å². The molecule has 0 aromatic rings. The number of carbonyl (C=O) groups is 2. The van der Waals surface area contributed by atoms with Crippen LogP contribution in [0.5, 0.6) is 0 Å². The van der Waals surface area contributed by atoms with Crippen molar-refractivity contribution in [3.8, 4) is 0 Å². The smallest absolute Gasteiger partial charge is 0.320 e. The van der Waals surface area contributed by atoms with Crippen LogP contribution >= 0.6 is 11.8 Å². The molecule has 2 aliphatic rings. The summed E-state index contributed by atoms with van der Waals surface area (Å²) in [5.41, 5.74) is 0. The minimum atomic E-state index is -3.03. The fourth-order valence-corrected chi connectivity index (χ4v) is 5.19. The first kappa shape index (κ1) is 21.3. The average Bonchev–Trinajstić information content (AvgIpc) is 2.57. The van der Waals surface area contributed by atoms with Crippen molar-refractivity contribution in [3.63, 3.8) is 0 Å². The topological polar surface area (TPSA) is 86.8 Å². The average molecular weight is 406 g/mol. The van der Waals surface area contributed by atoms with Gasteiger partial charge in [0.15, 0.2) is 9.84 Å². The molecule has 2 saturated heterocycles. The minimum Gasteiger partial charge on any atom is -0.353 e. The Morgan fingerprint density at radius 3 is 2.38 bits per heavy atom. The summed E-state index contributed by atoms with van der Waals surface area (Å²) in [4.78, 5) is 28.6. The molecule has 0 spiro atoms. The zero-order valence-corrected chi connectivity index (χ0v) is 17.6. The van der Waals surface area contributed by atoms with Crippen molar-refractivity contribution >= 4 is 33.5 Å². The first-order valence-corrected chi connectivity index (χ1v) is 12.1. The molecule has 2 aliphatic heterocycles. The number of hydrogen-bond acceptors (Lipinski definition) is 5. The number of sulfone groups is 1. The van der Waals surface area contributed by atoms with Crippen LogP contribution in [0.2, 0.25) is 0 Å². The molecule has 0 bridgehead atoms. The summed E-state index contributed by atoms with van der Waals surface area (Å²) in [7, 11) is -3.03. The molecule has 9 heteroatoms. The van der Waals surface area contributed by atoms with Crippen molar-refractivity contribution in [2.24, 2.45) is 0 Å². The van der Waals surface area contributed by atoms with Gasteiger partial charge in [0.1, 0.15) is 6.04 Å². The van der Waals surface area contributed by atoms with Crippen LogP contribution in [0.25, 0.3) is 0 Å². The van der Waals surface area contributed by atoms with Crippen molar-refractivity contribution in [2.45, 2.75) is 50.8 Å². The number of amides is 3. The highest BCUT2D eigenvalue weighted by atomic mass is 32.2. The lowest BCUT2D eigenvalue weighted by atomic mass is 10.0. The monoisotopic (exact) mass is 405 g/mol. The molecule has 1 N–H and O–H groups in total. The van der Waals surface area contributed by atoms with Gasteiger partial charge in [0, 0.05) is 36.7 Å². The molecular weight excluding hydrogens is 374 g/mol. The molecule has 2 heterocycles. The van der Waals surface area contributed by atoms with Gasteiger partial charge in [0.2, 0.25) is 5.91 Å². The highest BCUT2D eigenvalue weighted by Crippen LogP contribution is 2.23. The van der Waals surface area contributed by atoms with Gasteiger partial charge < -0.3 is 15.1 Å². The van der Waals surface area contributed by atoms with E-state index in [0.29, 0.717) is 19.5 Å². The number of hydrogen-bond donors (Lipinski definition) is 1. The Labute approximate surface area is 161 Å². The second kappa shape index (κ2) is 8.82. The predicted molar refractivity (Wildman–Crippen MR) is 105 cm³/mol. The normalized spacial score (nSPS) is 23.6. The van der Waals surface area contributed by atoms with Gasteiger partial charge in [-0.25, -0.2) is 13.2 Å². The van der Waals surface area contributed by atoms with E-state index in [1.165, 1.54) is 0 Å². The molecule has 2 fully saturated rings. The molecule has 26 heavy (non-hydrogen) atoms. The Bertz CT molecular complexity index is 602. The van der Waals surface area contributed by atoms with Gasteiger partial charge in [-0.2, -0.15) is 11.8 Å². The summed E-state index contributed by atoms with van der Waals surface area (Å²) in [6.07, 6.45) is 2.46. The van der Waals surface area contributed by atoms with Crippen molar-refractivity contribution in [2.75, 3.05) is 43.4 Å². The molecule has 0 aromatic heterocycles. The zero-order chi connectivity index (χ0) is 19.4. The van der Waals surface area contributed by atoms with E-state index < -0.39 is 15.9 Å². The molecule has 0 aromatic carbocycles. The predicted octanol–water partition coefficient (Wildman–Crippen LogP) is 1.34. The molecule has 1 atom stereocenters. The quantitative estimate of drug-likeness (QED) is 0.713. The summed E-state index contributed by atoms with van der Waals surface area (Å²) >= 11 is 1.79. The molecule has 7 nitrogen and oxygen atoms in total. The van der Waals surface area contributed by atoms with Crippen molar-refractivity contribution in [3.05, 3.63) is 0 Å². The van der Waals surface area contributed by atoms with Gasteiger partial charge in [-0.05, 0) is 19.3 Å². The zero-order valence-electron chi connectivity index (χ0n) is 16.0. The molecule has 0 radical (unpaired) electrons. The van der Waals surface area contributed by atoms with Gasteiger partial charge in [0.05, 0.1) is 11.5 Å². The van der Waals surface area contributed by atoms with E-state index in [1.807, 2.05) is 0 Å². The number of likely N-dealkylation sites (tertiary alicyclic amines) is 1. The van der Waals surface area contributed by atoms with Gasteiger partial charge in [-0.3, -0.25) is 4.79 Å². The van der Waals surface area contributed by atoms with E-state index in [1.54, 1.807) is 21.6 Å². The van der Waals surface area contributed by atoms with Crippen molar-refractivity contribution < 1.29 is 18.0 Å². The lowest BCUT2D eigenvalue weighted by Gasteiger charge is -2.39. The Hall–Kier alpha value is -0.960. The second-order valence-electron chi connectivity index (χ2n) is 7.88. The van der Waals surface area contributed by atoms with E-state index in [0.717, 1.165) is 18.6 Å². The number of urea groups is 1. The van der Waals surface area contributed by atoms with Gasteiger partial charge in [0.25, 0.3) is 0 Å². The molecule has 150 valence electrons. The number of rotatable bonds is 4. The Balaban J connectivity index is 1.89. The van der Waals surface area contributed by atoms with Crippen molar-refractivity contribution in [1.82, 2.24) is 15.1 Å². The number of nitrogens with zero attached hydrogens (tertiary/aromatic N) is 2. The number of carbonyl (C=O) groups excluding carboxylic acids is 2. The van der Waals surface area contributed by atoms with E-state index in [9.17, 15) is 18.0 Å². The van der Waals surface area contributed by atoms with E-state index in [4.69, 9.17) is 0 Å². The van der Waals surface area contributed by atoms with Crippen LogP contribution in [0.3, 0.4) is 0 Å². The summed E-state index contributed by atoms with van der Waals surface area (Å²) in [5.74, 6) is 0.748. The molecule has 3 amide bonds. The standard InChI is InChI=1S/C17H31N3O4S2/c1-17(2,3)25-11-7-18-15(21)14-6-4-5-8-20(14)16(22)19-9-12-26(23,24)13-10-19/h14H,4-13H2,1-3H3,(H,18,21). The fraction of sp³-hybridized carbons (Fsp3) is 0.882. The molecule has 1 unspecified atom stereocenters. The summed E-state index contributed by atoms with van der Waals surface area (Å²) < 4.78 is 23.3. The van der Waals surface area contributed by atoms with Crippen LogP contribution in [0.15, 0.2) is 0 Å². The van der Waals surface area contributed by atoms with Crippen LogP contribution in [0.4, 0.5) is 4.79 Å². The number of thioether (sulfide) groups is 1. The molecule has 2 rings (SSSR count). The number of nitrogens with one attached hydrogen (secondary N) is 1. The lowest BCUT2D eigenvalue weighted by Crippen LogP contribution is -2.57. The highest BCUT2D eigenvalue weighted by molar-refractivity contribution is 8.00. The first-order valence-electron chi connectivity index (χ1n) is 9.27. The van der Waals surface area contributed by atoms with Crippen LogP contribution in [-0.4, -0.2) is 84.4 Å². The molecule has 0 aliphatic carbocycles. The largest absolute Gasteiger partial charge is 0.353 e. The maximum Gasteiger partial charge on any atom is 0.320 e. The first-order chi connectivity index (χ1) is 12.1. The van der Waals surface area contributed by atoms with E-state index >= 15 is 0 Å². The maximum atomic E-state index is 12.8. The highest BCUT2D eigenvalue weighted by Gasteiger charge is 2.36. The Kier molecular flexibility index (Phi) is 7.24. The third-order valence-corrected chi connectivity index (χ3v) is 7.49. The third kappa shape index (κ3) is 6.33. The molecule has 0 saturated carbocycles. The third-order valence-electron chi connectivity index (χ3n) is 4.60.